The normalized spacial score (nSPS) is 11.3. The molecule has 0 N–H and O–H groups in total. The molecule has 0 heterocycles. The van der Waals surface area contributed by atoms with E-state index >= 15 is 0 Å². The first-order chi connectivity index (χ1) is 26.7. The van der Waals surface area contributed by atoms with E-state index in [2.05, 4.69) is 68.1 Å². The summed E-state index contributed by atoms with van der Waals surface area (Å²) >= 11 is 4.28. The van der Waals surface area contributed by atoms with Gasteiger partial charge in [-0.05, 0) is 104 Å². The lowest BCUT2D eigenvalue weighted by Gasteiger charge is -2.10. The van der Waals surface area contributed by atoms with Crippen LogP contribution in [0.1, 0.15) is 171 Å². The largest absolute Gasteiger partial charge is 0.494 e. The number of hydrogen-bond acceptors (Lipinski definition) is 5. The summed E-state index contributed by atoms with van der Waals surface area (Å²) in [5.41, 5.74) is 3.88. The number of esters is 1. The molecule has 0 saturated carbocycles. The molecule has 0 bridgehead atoms. The van der Waals surface area contributed by atoms with Crippen LogP contribution < -0.4 is 9.47 Å². The molecule has 0 aliphatic carbocycles. The molecule has 0 spiro atoms. The molecule has 0 atom stereocenters. The van der Waals surface area contributed by atoms with Crippen LogP contribution in [0, 0.1) is 0 Å². The molecule has 0 unspecified atom stereocenters. The van der Waals surface area contributed by atoms with Crippen molar-refractivity contribution in [2.24, 2.45) is 0 Å². The number of carbonyl (C=O) groups is 1. The van der Waals surface area contributed by atoms with Crippen LogP contribution in [0.15, 0.2) is 84.9 Å². The fourth-order valence-corrected chi connectivity index (χ4v) is 6.85. The average molecular weight is 757 g/mol. The second-order valence-corrected chi connectivity index (χ2v) is 15.3. The summed E-state index contributed by atoms with van der Waals surface area (Å²) in [7, 11) is 0. The van der Waals surface area contributed by atoms with E-state index in [4.69, 9.17) is 14.2 Å². The summed E-state index contributed by atoms with van der Waals surface area (Å²) in [4.78, 5) is 12.5. The van der Waals surface area contributed by atoms with Gasteiger partial charge in [0.1, 0.15) is 18.1 Å². The number of rotatable bonds is 33. The zero-order chi connectivity index (χ0) is 38.2. The summed E-state index contributed by atoms with van der Waals surface area (Å²) < 4.78 is 17.6. The molecule has 0 fully saturated rings. The van der Waals surface area contributed by atoms with E-state index in [0.29, 0.717) is 18.8 Å². The van der Waals surface area contributed by atoms with E-state index in [1.807, 2.05) is 36.4 Å². The molecule has 0 saturated heterocycles. The average Bonchev–Trinajstić information content (AvgIpc) is 3.21. The van der Waals surface area contributed by atoms with Crippen molar-refractivity contribution >= 4 is 18.6 Å². The minimum absolute atomic E-state index is 0.252. The monoisotopic (exact) mass is 757 g/mol. The molecule has 3 rings (SSSR count). The Bertz CT molecular complexity index is 1350. The van der Waals surface area contributed by atoms with Gasteiger partial charge in [-0.3, -0.25) is 0 Å². The van der Waals surface area contributed by atoms with Gasteiger partial charge in [-0.15, -0.1) is 0 Å². The molecule has 4 nitrogen and oxygen atoms in total. The van der Waals surface area contributed by atoms with E-state index < -0.39 is 0 Å². The molecule has 5 heteroatoms. The second kappa shape index (κ2) is 31.1. The van der Waals surface area contributed by atoms with Crippen LogP contribution in [-0.4, -0.2) is 24.9 Å². The summed E-state index contributed by atoms with van der Waals surface area (Å²) in [6.07, 6.45) is 34.1. The van der Waals surface area contributed by atoms with Crippen LogP contribution in [0.25, 0.3) is 11.1 Å². The number of ether oxygens (including phenoxy) is 3. The van der Waals surface area contributed by atoms with E-state index in [0.717, 1.165) is 59.8 Å². The van der Waals surface area contributed by atoms with Gasteiger partial charge in [0, 0.05) is 0 Å². The zero-order valence-electron chi connectivity index (χ0n) is 33.8. The molecule has 0 amide bonds. The van der Waals surface area contributed by atoms with E-state index in [1.165, 1.54) is 128 Å². The minimum Gasteiger partial charge on any atom is -0.494 e. The fourth-order valence-electron chi connectivity index (χ4n) is 6.63. The lowest BCUT2D eigenvalue weighted by atomic mass is 10.1. The van der Waals surface area contributed by atoms with E-state index in [-0.39, 0.29) is 5.97 Å². The Morgan fingerprint density at radius 2 is 0.944 bits per heavy atom. The first-order valence-electron chi connectivity index (χ1n) is 21.7. The number of hydrogen-bond donors (Lipinski definition) is 1. The Hall–Kier alpha value is -3.18. The molecule has 54 heavy (non-hydrogen) atoms. The summed E-state index contributed by atoms with van der Waals surface area (Å²) in [5.74, 6) is 2.50. The lowest BCUT2D eigenvalue weighted by Crippen LogP contribution is -2.06. The van der Waals surface area contributed by atoms with Crippen molar-refractivity contribution < 1.29 is 19.0 Å². The van der Waals surface area contributed by atoms with Gasteiger partial charge in [0.05, 0.1) is 18.8 Å². The molecular weight excluding hydrogens is 685 g/mol. The van der Waals surface area contributed by atoms with Gasteiger partial charge >= 0.3 is 5.97 Å². The van der Waals surface area contributed by atoms with Gasteiger partial charge in [0.15, 0.2) is 0 Å². The third kappa shape index (κ3) is 21.6. The molecule has 298 valence electrons. The van der Waals surface area contributed by atoms with Gasteiger partial charge in [0.2, 0.25) is 0 Å². The van der Waals surface area contributed by atoms with Gasteiger partial charge in [0.25, 0.3) is 0 Å². The highest BCUT2D eigenvalue weighted by Gasteiger charge is 2.08. The molecule has 0 aliphatic rings. The third-order valence-electron chi connectivity index (χ3n) is 10.1. The summed E-state index contributed by atoms with van der Waals surface area (Å²) in [6.45, 7) is 3.97. The Balaban J connectivity index is 1.19. The van der Waals surface area contributed by atoms with Crippen molar-refractivity contribution in [1.29, 1.82) is 0 Å². The van der Waals surface area contributed by atoms with Gasteiger partial charge < -0.3 is 14.2 Å². The predicted molar refractivity (Wildman–Crippen MR) is 233 cm³/mol. The van der Waals surface area contributed by atoms with Crippen molar-refractivity contribution in [3.63, 3.8) is 0 Å². The standard InChI is InChI=1S/C49H72O4S/c1-2-3-4-5-6-7-8-9-10-11-12-13-15-19-22-25-40-52-49(50)46-29-27-43(28-30-46)42-53-48-37-33-45(34-38-48)44-31-35-47(36-32-44)51-39-24-21-18-16-14-17-20-23-26-41-54/h9-10,27-38,54H,2-8,11-26,39-42H2,1H3/b10-9+. The molecule has 3 aromatic carbocycles. The van der Waals surface area contributed by atoms with Crippen molar-refractivity contribution in [2.75, 3.05) is 19.0 Å². The summed E-state index contributed by atoms with van der Waals surface area (Å²) in [5, 5.41) is 0. The minimum atomic E-state index is -0.252. The van der Waals surface area contributed by atoms with E-state index in [9.17, 15) is 4.79 Å². The maximum Gasteiger partial charge on any atom is 0.338 e. The van der Waals surface area contributed by atoms with Crippen LogP contribution in [0.4, 0.5) is 0 Å². The number of unbranched alkanes of at least 4 members (excludes halogenated alkanes) is 20. The Labute approximate surface area is 335 Å². The third-order valence-corrected chi connectivity index (χ3v) is 10.4. The van der Waals surface area contributed by atoms with Crippen molar-refractivity contribution in [3.05, 3.63) is 96.1 Å². The maximum absolute atomic E-state index is 12.5. The molecule has 3 aromatic rings. The van der Waals surface area contributed by atoms with E-state index in [1.54, 1.807) is 0 Å². The lowest BCUT2D eigenvalue weighted by molar-refractivity contribution is 0.0497. The van der Waals surface area contributed by atoms with Gasteiger partial charge in [-0.25, -0.2) is 4.79 Å². The zero-order valence-corrected chi connectivity index (χ0v) is 34.6. The first kappa shape index (κ1) is 45.2. The quantitative estimate of drug-likeness (QED) is 0.0291. The van der Waals surface area contributed by atoms with Crippen LogP contribution in [-0.2, 0) is 11.3 Å². The number of allylic oxidation sites excluding steroid dienone is 2. The Kier molecular flexibility index (Phi) is 26.0. The second-order valence-electron chi connectivity index (χ2n) is 14.9. The van der Waals surface area contributed by atoms with Gasteiger partial charge in [-0.2, -0.15) is 12.6 Å². The fraction of sp³-hybridized carbons (Fsp3) is 0.571. The predicted octanol–water partition coefficient (Wildman–Crippen LogP) is 14.9. The Morgan fingerprint density at radius 1 is 0.500 bits per heavy atom. The number of benzene rings is 3. The van der Waals surface area contributed by atoms with Crippen molar-refractivity contribution in [3.8, 4) is 22.6 Å². The highest BCUT2D eigenvalue weighted by Crippen LogP contribution is 2.25. The molecule has 0 aromatic heterocycles. The van der Waals surface area contributed by atoms with Crippen LogP contribution in [0.3, 0.4) is 0 Å². The Morgan fingerprint density at radius 3 is 1.46 bits per heavy atom. The summed E-state index contributed by atoms with van der Waals surface area (Å²) in [6, 6.07) is 24.1. The van der Waals surface area contributed by atoms with Crippen LogP contribution >= 0.6 is 12.6 Å². The highest BCUT2D eigenvalue weighted by molar-refractivity contribution is 7.80. The first-order valence-corrected chi connectivity index (χ1v) is 22.3. The van der Waals surface area contributed by atoms with Crippen molar-refractivity contribution in [2.45, 2.75) is 161 Å². The van der Waals surface area contributed by atoms with Crippen molar-refractivity contribution in [1.82, 2.24) is 0 Å². The number of thiol groups is 1. The number of carbonyl (C=O) groups excluding carboxylic acids is 1. The SMILES string of the molecule is CCCCCCCC/C=C/CCCCCCCCOC(=O)c1ccc(COc2ccc(-c3ccc(OCCCCCCCCCCCS)cc3)cc2)cc1. The molecular formula is C49H72O4S. The van der Waals surface area contributed by atoms with Crippen LogP contribution in [0.5, 0.6) is 11.5 Å². The van der Waals surface area contributed by atoms with Crippen LogP contribution in [0.2, 0.25) is 0 Å². The highest BCUT2D eigenvalue weighted by atomic mass is 32.1. The molecule has 0 aliphatic heterocycles. The van der Waals surface area contributed by atoms with Gasteiger partial charge in [-0.1, -0.05) is 158 Å². The maximum atomic E-state index is 12.5. The topological polar surface area (TPSA) is 44.8 Å². The smallest absolute Gasteiger partial charge is 0.338 e. The molecule has 0 radical (unpaired) electrons.